The van der Waals surface area contributed by atoms with E-state index in [1.807, 2.05) is 0 Å². The van der Waals surface area contributed by atoms with E-state index in [0.29, 0.717) is 12.8 Å². The number of nitrogens with one attached hydrogen (secondary N) is 1. The summed E-state index contributed by atoms with van der Waals surface area (Å²) in [6.45, 7) is 1.72. The van der Waals surface area contributed by atoms with Crippen molar-refractivity contribution in [2.75, 3.05) is 26.4 Å². The molecule has 3 aliphatic heterocycles. The lowest BCUT2D eigenvalue weighted by molar-refractivity contribution is -0.379. The Balaban J connectivity index is 1.31. The van der Waals surface area contributed by atoms with Crippen LogP contribution >= 0.6 is 0 Å². The first-order chi connectivity index (χ1) is 52.8. The molecule has 0 saturated carbocycles. The van der Waals surface area contributed by atoms with Crippen molar-refractivity contribution < 1.29 is 89.4 Å². The highest BCUT2D eigenvalue weighted by atomic mass is 16.8. The number of carbonyl (C=O) groups is 1. The Morgan fingerprint density at radius 3 is 1.00 bits per heavy atom. The molecule has 108 heavy (non-hydrogen) atoms. The summed E-state index contributed by atoms with van der Waals surface area (Å²) in [5.74, 6) is -0.241. The molecule has 3 rings (SSSR count). The van der Waals surface area contributed by atoms with E-state index in [9.17, 15) is 61.0 Å². The lowest BCUT2D eigenvalue weighted by atomic mass is 9.96. The zero-order chi connectivity index (χ0) is 78.1. The van der Waals surface area contributed by atoms with Gasteiger partial charge in [-0.2, -0.15) is 0 Å². The zero-order valence-corrected chi connectivity index (χ0v) is 67.3. The molecule has 17 unspecified atom stereocenters. The molecular weight excluding hydrogens is 1370 g/mol. The van der Waals surface area contributed by atoms with E-state index >= 15 is 0 Å². The summed E-state index contributed by atoms with van der Waals surface area (Å²) in [4.78, 5) is 13.5. The molecule has 0 aromatic heterocycles. The fourth-order valence-electron chi connectivity index (χ4n) is 14.3. The third-order valence-corrected chi connectivity index (χ3v) is 21.2. The van der Waals surface area contributed by atoms with Crippen molar-refractivity contribution in [3.8, 4) is 0 Å². The molecule has 0 bridgehead atoms. The van der Waals surface area contributed by atoms with Crippen molar-refractivity contribution >= 4 is 5.91 Å². The fourth-order valence-corrected chi connectivity index (χ4v) is 14.3. The lowest BCUT2D eigenvalue weighted by Crippen LogP contribution is -2.66. The number of hydrogen-bond acceptors (Lipinski definition) is 18. The van der Waals surface area contributed by atoms with Crippen molar-refractivity contribution in [3.05, 3.63) is 97.2 Å². The Morgan fingerprint density at radius 2 is 0.639 bits per heavy atom. The van der Waals surface area contributed by atoms with Gasteiger partial charge >= 0.3 is 0 Å². The van der Waals surface area contributed by atoms with Gasteiger partial charge in [-0.05, 0) is 77.0 Å². The van der Waals surface area contributed by atoms with E-state index in [2.05, 4.69) is 116 Å². The second-order valence-corrected chi connectivity index (χ2v) is 30.6. The molecule has 19 heteroatoms. The molecule has 0 radical (unpaired) electrons. The fraction of sp³-hybridized carbons (Fsp3) is 0.809. The van der Waals surface area contributed by atoms with Crippen LogP contribution in [0, 0.1) is 0 Å². The molecule has 0 spiro atoms. The van der Waals surface area contributed by atoms with Gasteiger partial charge in [0.1, 0.15) is 73.2 Å². The third kappa shape index (κ3) is 46.8. The van der Waals surface area contributed by atoms with Crippen LogP contribution in [0.1, 0.15) is 328 Å². The summed E-state index contributed by atoms with van der Waals surface area (Å²) in [7, 11) is 0. The summed E-state index contributed by atoms with van der Waals surface area (Å²) >= 11 is 0. The second-order valence-electron chi connectivity index (χ2n) is 30.6. The van der Waals surface area contributed by atoms with E-state index < -0.39 is 124 Å². The van der Waals surface area contributed by atoms with Crippen molar-refractivity contribution in [3.63, 3.8) is 0 Å². The van der Waals surface area contributed by atoms with E-state index in [4.69, 9.17) is 28.4 Å². The quantitative estimate of drug-likeness (QED) is 0.0199. The maximum Gasteiger partial charge on any atom is 0.220 e. The number of ether oxygens (including phenoxy) is 6. The van der Waals surface area contributed by atoms with Crippen LogP contribution in [0.5, 0.6) is 0 Å². The van der Waals surface area contributed by atoms with Gasteiger partial charge in [-0.15, -0.1) is 0 Å². The smallest absolute Gasteiger partial charge is 0.220 e. The summed E-state index contributed by atoms with van der Waals surface area (Å²) in [6, 6.07) is -0.892. The van der Waals surface area contributed by atoms with Crippen LogP contribution in [0.3, 0.4) is 0 Å². The largest absolute Gasteiger partial charge is 0.394 e. The zero-order valence-electron chi connectivity index (χ0n) is 67.3. The Morgan fingerprint density at radius 1 is 0.343 bits per heavy atom. The Kier molecular flexibility index (Phi) is 62.4. The second kappa shape index (κ2) is 68.1. The molecular formula is C89H157NO18. The van der Waals surface area contributed by atoms with Crippen molar-refractivity contribution in [2.45, 2.75) is 433 Å². The topological polar surface area (TPSA) is 307 Å². The van der Waals surface area contributed by atoms with Gasteiger partial charge in [0.15, 0.2) is 18.9 Å². The van der Waals surface area contributed by atoms with Crippen LogP contribution < -0.4 is 5.32 Å². The molecule has 19 nitrogen and oxygen atoms in total. The van der Waals surface area contributed by atoms with Gasteiger partial charge in [-0.25, -0.2) is 0 Å². The Labute approximate surface area is 653 Å². The predicted molar refractivity (Wildman–Crippen MR) is 434 cm³/mol. The van der Waals surface area contributed by atoms with Gasteiger partial charge in [0.25, 0.3) is 0 Å². The van der Waals surface area contributed by atoms with Gasteiger partial charge in [-0.1, -0.05) is 342 Å². The summed E-state index contributed by atoms with van der Waals surface area (Å²) < 4.78 is 34.6. The van der Waals surface area contributed by atoms with Crippen molar-refractivity contribution in [1.82, 2.24) is 5.32 Å². The van der Waals surface area contributed by atoms with Crippen molar-refractivity contribution in [1.29, 1.82) is 0 Å². The van der Waals surface area contributed by atoms with Gasteiger partial charge in [0, 0.05) is 6.42 Å². The number of amides is 1. The number of unbranched alkanes of at least 4 members (excludes halogenated alkanes) is 37. The third-order valence-electron chi connectivity index (χ3n) is 21.2. The lowest BCUT2D eigenvalue weighted by Gasteiger charge is -2.48. The summed E-state index contributed by atoms with van der Waals surface area (Å²) in [5, 5.41) is 121. The first-order valence-electron chi connectivity index (χ1n) is 43.5. The number of carbonyl (C=O) groups excluding carboxylic acids is 1. The van der Waals surface area contributed by atoms with Crippen molar-refractivity contribution in [2.24, 2.45) is 0 Å². The minimum Gasteiger partial charge on any atom is -0.394 e. The molecule has 1 amide bonds. The summed E-state index contributed by atoms with van der Waals surface area (Å²) in [6.07, 6.45) is 66.4. The van der Waals surface area contributed by atoms with Crippen LogP contribution in [0.15, 0.2) is 97.2 Å². The highest BCUT2D eigenvalue weighted by Crippen LogP contribution is 2.33. The highest BCUT2D eigenvalue weighted by molar-refractivity contribution is 5.76. The first kappa shape index (κ1) is 98.9. The average Bonchev–Trinajstić information content (AvgIpc) is 0.787. The highest BCUT2D eigenvalue weighted by Gasteiger charge is 2.54. The predicted octanol–water partition coefficient (Wildman–Crippen LogP) is 15.9. The number of allylic oxidation sites excluding steroid dienone is 16. The Bertz CT molecular complexity index is 2330. The minimum absolute atomic E-state index is 0.241. The molecule has 3 saturated heterocycles. The first-order valence-corrected chi connectivity index (χ1v) is 43.5. The molecule has 3 aliphatic rings. The molecule has 17 atom stereocenters. The summed E-state index contributed by atoms with van der Waals surface area (Å²) in [5.41, 5.74) is 0. The van der Waals surface area contributed by atoms with Gasteiger partial charge in [0.2, 0.25) is 5.91 Å². The maximum absolute atomic E-state index is 13.5. The van der Waals surface area contributed by atoms with E-state index in [1.165, 1.54) is 199 Å². The molecule has 626 valence electrons. The molecule has 12 N–H and O–H groups in total. The minimum atomic E-state index is -1.98. The number of aliphatic hydroxyl groups is 11. The SMILES string of the molecule is CC/C=C\C/C=C\C/C=C\C/C=C\C/C=C\C/C=C\C/C=C\C/C=C\CCCCCCCCCCCCCCCCCCC(=O)NC(COC1OC(CO)C(OC2OC(CO)C(OC3OC(CO)C(O)C(O)C3O)C(O)C2O)C(O)C1O)C(O)CCCCCCCCCCCCCCCCCCCCCCCC. The molecule has 0 aromatic rings. The van der Waals surface area contributed by atoms with Crippen LogP contribution in [0.4, 0.5) is 0 Å². The van der Waals surface area contributed by atoms with Crippen LogP contribution in [0.25, 0.3) is 0 Å². The van der Waals surface area contributed by atoms with Crippen LogP contribution in [-0.2, 0) is 33.2 Å². The number of rotatable bonds is 69. The van der Waals surface area contributed by atoms with Gasteiger partial charge < -0.3 is 89.9 Å². The number of aliphatic hydroxyl groups excluding tert-OH is 11. The monoisotopic (exact) mass is 1530 g/mol. The van der Waals surface area contributed by atoms with Gasteiger partial charge in [0.05, 0.1) is 38.6 Å². The van der Waals surface area contributed by atoms with Crippen LogP contribution in [0.2, 0.25) is 0 Å². The average molecular weight is 1530 g/mol. The molecule has 3 fully saturated rings. The van der Waals surface area contributed by atoms with Gasteiger partial charge in [-0.3, -0.25) is 4.79 Å². The normalized spacial score (nSPS) is 25.9. The Hall–Kier alpha value is -3.29. The van der Waals surface area contributed by atoms with Crippen LogP contribution in [-0.4, -0.2) is 193 Å². The standard InChI is InChI=1S/C89H157NO18/c1-3-5-7-9-11-13-15-17-19-21-23-25-27-28-29-30-31-32-33-34-35-36-37-38-39-40-41-42-43-44-45-47-49-51-53-55-57-59-61-63-65-67-77(95)90-72(73(94)66-64-62-60-58-56-54-52-50-48-46-26-24-22-20-18-16-14-12-10-8-6-4-2)71-103-87-83(101)80(98)85(75(69-92)105-87)108-89-84(102)81(99)86(76(70-93)106-89)107-88-82(100)79(97)78(96)74(68-91)104-88/h5,7,11,13,17,19,23,25,28-29,31-32,34-35,37-38,72-76,78-89,91-94,96-102H,3-4,6,8-10,12,14-16,18,20-22,24,26-27,30,33,36,39-71H2,1-2H3,(H,90,95)/b7-5-,13-11-,19-17-,25-23-,29-28-,32-31-,35-34-,38-37-. The maximum atomic E-state index is 13.5. The molecule has 0 aliphatic carbocycles. The van der Waals surface area contributed by atoms with E-state index in [1.54, 1.807) is 0 Å². The van der Waals surface area contributed by atoms with E-state index in [0.717, 1.165) is 96.3 Å². The molecule has 0 aromatic carbocycles. The van der Waals surface area contributed by atoms with E-state index in [-0.39, 0.29) is 18.9 Å². The number of hydrogen-bond donors (Lipinski definition) is 12. The molecule has 3 heterocycles.